The molecule has 1 aromatic rings. The molecule has 0 radical (unpaired) electrons. The first-order chi connectivity index (χ1) is 8.41. The second-order valence-corrected chi connectivity index (χ2v) is 5.01. The molecular weight excluding hydrogens is 300 g/mol. The number of nitrogens with zero attached hydrogens (tertiary/aromatic N) is 1. The van der Waals surface area contributed by atoms with Crippen LogP contribution in [0.5, 0.6) is 0 Å². The molecular formula is C11H17BrN4O2. The van der Waals surface area contributed by atoms with Crippen LogP contribution in [0.25, 0.3) is 0 Å². The van der Waals surface area contributed by atoms with E-state index in [1.807, 2.05) is 24.6 Å². The number of carbonyl (C=O) groups is 2. The predicted molar refractivity (Wildman–Crippen MR) is 72.4 cm³/mol. The van der Waals surface area contributed by atoms with Crippen LogP contribution in [0.1, 0.15) is 30.4 Å². The van der Waals surface area contributed by atoms with Crippen molar-refractivity contribution in [2.24, 2.45) is 5.73 Å². The normalized spacial score (nSPS) is 10.4. The van der Waals surface area contributed by atoms with Crippen molar-refractivity contribution in [2.75, 3.05) is 13.1 Å². The summed E-state index contributed by atoms with van der Waals surface area (Å²) in [5.74, 6) is -0.180. The number of rotatable bonds is 5. The van der Waals surface area contributed by atoms with Crippen molar-refractivity contribution in [1.82, 2.24) is 15.2 Å². The maximum atomic E-state index is 11.9. The minimum absolute atomic E-state index is 0.180. The number of hydrogen-bond acceptors (Lipinski definition) is 2. The SMILES string of the molecule is CC(C)n1cc(Br)cc1C(=O)NCCNC(N)=O. The monoisotopic (exact) mass is 316 g/mol. The van der Waals surface area contributed by atoms with Crippen molar-refractivity contribution in [2.45, 2.75) is 19.9 Å². The van der Waals surface area contributed by atoms with Gasteiger partial charge in [-0.3, -0.25) is 4.79 Å². The van der Waals surface area contributed by atoms with E-state index in [1.165, 1.54) is 0 Å². The van der Waals surface area contributed by atoms with E-state index < -0.39 is 6.03 Å². The van der Waals surface area contributed by atoms with Gasteiger partial charge in [0.25, 0.3) is 5.91 Å². The first kappa shape index (κ1) is 14.6. The third kappa shape index (κ3) is 4.06. The smallest absolute Gasteiger partial charge is 0.312 e. The van der Waals surface area contributed by atoms with Crippen LogP contribution in [-0.2, 0) is 0 Å². The zero-order valence-corrected chi connectivity index (χ0v) is 12.0. The lowest BCUT2D eigenvalue weighted by molar-refractivity contribution is 0.0943. The first-order valence-electron chi connectivity index (χ1n) is 5.60. The van der Waals surface area contributed by atoms with Crippen LogP contribution in [-0.4, -0.2) is 29.6 Å². The summed E-state index contributed by atoms with van der Waals surface area (Å²) < 4.78 is 2.73. The molecule has 0 aromatic carbocycles. The highest BCUT2D eigenvalue weighted by Crippen LogP contribution is 2.19. The Balaban J connectivity index is 2.58. The van der Waals surface area contributed by atoms with E-state index in [-0.39, 0.29) is 11.9 Å². The number of nitrogens with two attached hydrogens (primary N) is 1. The van der Waals surface area contributed by atoms with Gasteiger partial charge in [0.2, 0.25) is 0 Å². The van der Waals surface area contributed by atoms with E-state index in [1.54, 1.807) is 6.07 Å². The number of nitrogens with one attached hydrogen (secondary N) is 2. The lowest BCUT2D eigenvalue weighted by atomic mass is 10.3. The molecule has 0 fully saturated rings. The van der Waals surface area contributed by atoms with Gasteiger partial charge in [0.15, 0.2) is 0 Å². The fourth-order valence-corrected chi connectivity index (χ4v) is 1.94. The van der Waals surface area contributed by atoms with Crippen LogP contribution in [0, 0.1) is 0 Å². The van der Waals surface area contributed by atoms with Crippen LogP contribution in [0.3, 0.4) is 0 Å². The minimum atomic E-state index is -0.599. The van der Waals surface area contributed by atoms with Crippen molar-refractivity contribution in [3.05, 3.63) is 22.4 Å². The van der Waals surface area contributed by atoms with Gasteiger partial charge in [-0.1, -0.05) is 0 Å². The Morgan fingerprint density at radius 1 is 1.39 bits per heavy atom. The van der Waals surface area contributed by atoms with E-state index in [0.29, 0.717) is 18.8 Å². The number of hydrogen-bond donors (Lipinski definition) is 3. The zero-order chi connectivity index (χ0) is 13.7. The number of primary amides is 1. The summed E-state index contributed by atoms with van der Waals surface area (Å²) in [5.41, 5.74) is 5.49. The average Bonchev–Trinajstić information content (AvgIpc) is 2.66. The Morgan fingerprint density at radius 3 is 2.56 bits per heavy atom. The summed E-state index contributed by atoms with van der Waals surface area (Å²) in [6, 6.07) is 1.36. The molecule has 18 heavy (non-hydrogen) atoms. The number of urea groups is 1. The van der Waals surface area contributed by atoms with Crippen LogP contribution >= 0.6 is 15.9 Å². The molecule has 100 valence electrons. The van der Waals surface area contributed by atoms with Crippen molar-refractivity contribution in [3.8, 4) is 0 Å². The van der Waals surface area contributed by atoms with Gasteiger partial charge in [-0.2, -0.15) is 0 Å². The number of aromatic nitrogens is 1. The molecule has 0 aliphatic rings. The molecule has 4 N–H and O–H groups in total. The van der Waals surface area contributed by atoms with Gasteiger partial charge in [-0.05, 0) is 35.8 Å². The fraction of sp³-hybridized carbons (Fsp3) is 0.455. The summed E-state index contributed by atoms with van der Waals surface area (Å²) in [6.07, 6.45) is 1.86. The highest BCUT2D eigenvalue weighted by Gasteiger charge is 2.14. The lowest BCUT2D eigenvalue weighted by Crippen LogP contribution is -2.37. The average molecular weight is 317 g/mol. The molecule has 3 amide bonds. The predicted octanol–water partition coefficient (Wildman–Crippen LogP) is 1.23. The molecule has 1 heterocycles. The number of amides is 3. The molecule has 0 aliphatic heterocycles. The molecule has 0 saturated heterocycles. The summed E-state index contributed by atoms with van der Waals surface area (Å²) >= 11 is 3.35. The Kier molecular flexibility index (Phi) is 5.21. The molecule has 0 unspecified atom stereocenters. The Hall–Kier alpha value is -1.50. The minimum Gasteiger partial charge on any atom is -0.352 e. The van der Waals surface area contributed by atoms with E-state index in [2.05, 4.69) is 26.6 Å². The maximum Gasteiger partial charge on any atom is 0.312 e. The summed E-state index contributed by atoms with van der Waals surface area (Å²) in [7, 11) is 0. The van der Waals surface area contributed by atoms with Crippen LogP contribution in [0.4, 0.5) is 4.79 Å². The van der Waals surface area contributed by atoms with Gasteiger partial charge in [0.05, 0.1) is 0 Å². The van der Waals surface area contributed by atoms with Gasteiger partial charge in [-0.25, -0.2) is 4.79 Å². The van der Waals surface area contributed by atoms with Gasteiger partial charge < -0.3 is 20.9 Å². The second kappa shape index (κ2) is 6.44. The molecule has 0 bridgehead atoms. The summed E-state index contributed by atoms with van der Waals surface area (Å²) in [5, 5.41) is 5.12. The van der Waals surface area contributed by atoms with Crippen molar-refractivity contribution >= 4 is 27.9 Å². The topological polar surface area (TPSA) is 89.2 Å². The van der Waals surface area contributed by atoms with Crippen LogP contribution < -0.4 is 16.4 Å². The maximum absolute atomic E-state index is 11.9. The number of halogens is 1. The van der Waals surface area contributed by atoms with Crippen LogP contribution in [0.15, 0.2) is 16.7 Å². The highest BCUT2D eigenvalue weighted by molar-refractivity contribution is 9.10. The third-order valence-electron chi connectivity index (χ3n) is 2.31. The van der Waals surface area contributed by atoms with E-state index in [0.717, 1.165) is 4.47 Å². The second-order valence-electron chi connectivity index (χ2n) is 4.09. The highest BCUT2D eigenvalue weighted by atomic mass is 79.9. The van der Waals surface area contributed by atoms with Crippen molar-refractivity contribution in [3.63, 3.8) is 0 Å². The van der Waals surface area contributed by atoms with E-state index >= 15 is 0 Å². The molecule has 6 nitrogen and oxygen atoms in total. The van der Waals surface area contributed by atoms with Crippen LogP contribution in [0.2, 0.25) is 0 Å². The zero-order valence-electron chi connectivity index (χ0n) is 10.4. The Bertz CT molecular complexity index is 442. The van der Waals surface area contributed by atoms with E-state index in [4.69, 9.17) is 5.73 Å². The first-order valence-corrected chi connectivity index (χ1v) is 6.40. The van der Waals surface area contributed by atoms with Crippen molar-refractivity contribution < 1.29 is 9.59 Å². The quantitative estimate of drug-likeness (QED) is 0.713. The van der Waals surface area contributed by atoms with Gasteiger partial charge in [0.1, 0.15) is 5.69 Å². The largest absolute Gasteiger partial charge is 0.352 e. The van der Waals surface area contributed by atoms with E-state index in [9.17, 15) is 9.59 Å². The third-order valence-corrected chi connectivity index (χ3v) is 2.75. The van der Waals surface area contributed by atoms with Gasteiger partial charge >= 0.3 is 6.03 Å². The fourth-order valence-electron chi connectivity index (χ4n) is 1.51. The number of carbonyl (C=O) groups excluding carboxylic acids is 2. The molecule has 1 aromatic heterocycles. The molecule has 0 saturated carbocycles. The molecule has 0 aliphatic carbocycles. The standard InChI is InChI=1S/C11H17BrN4O2/c1-7(2)16-6-8(12)5-9(16)10(17)14-3-4-15-11(13)18/h5-7H,3-4H2,1-2H3,(H,14,17)(H3,13,15,18). The molecule has 0 spiro atoms. The van der Waals surface area contributed by atoms with Crippen molar-refractivity contribution in [1.29, 1.82) is 0 Å². The molecule has 1 rings (SSSR count). The Morgan fingerprint density at radius 2 is 2.00 bits per heavy atom. The lowest BCUT2D eigenvalue weighted by Gasteiger charge is -2.12. The van der Waals surface area contributed by atoms with Gasteiger partial charge in [0, 0.05) is 29.8 Å². The summed E-state index contributed by atoms with van der Waals surface area (Å²) in [4.78, 5) is 22.4. The van der Waals surface area contributed by atoms with Gasteiger partial charge in [-0.15, -0.1) is 0 Å². The molecule has 7 heteroatoms. The summed E-state index contributed by atoms with van der Waals surface area (Å²) in [6.45, 7) is 4.64. The molecule has 0 atom stereocenters. The Labute approximate surface area is 114 Å².